The topological polar surface area (TPSA) is 44.1 Å². The Morgan fingerprint density at radius 2 is 1.85 bits per heavy atom. The summed E-state index contributed by atoms with van der Waals surface area (Å²) in [7, 11) is 0. The van der Waals surface area contributed by atoms with Gasteiger partial charge in [-0.25, -0.2) is 4.79 Å². The monoisotopic (exact) mass is 362 g/mol. The maximum Gasteiger partial charge on any atom is 0.343 e. The molecule has 0 atom stereocenters. The Morgan fingerprint density at radius 3 is 2.69 bits per heavy atom. The third-order valence-electron chi connectivity index (χ3n) is 4.17. The van der Waals surface area contributed by atoms with Crippen LogP contribution in [0.15, 0.2) is 79.3 Å². The zero-order chi connectivity index (χ0) is 17.9. The summed E-state index contributed by atoms with van der Waals surface area (Å²) in [6.07, 6.45) is 5.58. The normalized spacial score (nSPS) is 10.8. The first-order valence-corrected chi connectivity index (χ1v) is 8.53. The highest BCUT2D eigenvalue weighted by atomic mass is 35.5. The van der Waals surface area contributed by atoms with Crippen LogP contribution in [0.5, 0.6) is 5.75 Å². The number of carbonyl (C=O) groups excluding carboxylic acids is 1. The molecule has 0 N–H and O–H groups in total. The van der Waals surface area contributed by atoms with E-state index in [1.54, 1.807) is 36.5 Å². The lowest BCUT2D eigenvalue weighted by Gasteiger charge is -2.11. The van der Waals surface area contributed by atoms with Crippen molar-refractivity contribution in [3.63, 3.8) is 0 Å². The molecule has 2 aromatic carbocycles. The van der Waals surface area contributed by atoms with Gasteiger partial charge in [-0.2, -0.15) is 0 Å². The van der Waals surface area contributed by atoms with Crippen molar-refractivity contribution >= 4 is 28.5 Å². The first kappa shape index (κ1) is 16.4. The summed E-state index contributed by atoms with van der Waals surface area (Å²) in [4.78, 5) is 16.8. The maximum absolute atomic E-state index is 12.6. The largest absolute Gasteiger partial charge is 0.423 e. The van der Waals surface area contributed by atoms with Crippen molar-refractivity contribution in [3.05, 3.63) is 95.4 Å². The summed E-state index contributed by atoms with van der Waals surface area (Å²) >= 11 is 5.87. The summed E-state index contributed by atoms with van der Waals surface area (Å²) in [6, 6.07) is 18.2. The van der Waals surface area contributed by atoms with E-state index in [4.69, 9.17) is 16.3 Å². The molecule has 0 radical (unpaired) electrons. The second-order valence-electron chi connectivity index (χ2n) is 5.88. The zero-order valence-electron chi connectivity index (χ0n) is 13.8. The van der Waals surface area contributed by atoms with E-state index < -0.39 is 0 Å². The fourth-order valence-electron chi connectivity index (χ4n) is 2.88. The van der Waals surface area contributed by atoms with Gasteiger partial charge in [-0.1, -0.05) is 29.8 Å². The number of ether oxygens (including phenoxy) is 1. The van der Waals surface area contributed by atoms with Crippen molar-refractivity contribution in [1.82, 2.24) is 9.55 Å². The lowest BCUT2D eigenvalue weighted by atomic mass is 10.1. The molecule has 26 heavy (non-hydrogen) atoms. The minimum absolute atomic E-state index is 0.388. The summed E-state index contributed by atoms with van der Waals surface area (Å²) in [5, 5.41) is 1.66. The molecule has 0 saturated heterocycles. The highest BCUT2D eigenvalue weighted by Crippen LogP contribution is 2.20. The first-order valence-electron chi connectivity index (χ1n) is 8.15. The Labute approximate surface area is 155 Å². The number of halogens is 1. The number of hydrogen-bond acceptors (Lipinski definition) is 3. The molecule has 2 aromatic heterocycles. The second kappa shape index (κ2) is 7.02. The van der Waals surface area contributed by atoms with Gasteiger partial charge in [0.05, 0.1) is 11.1 Å². The Bertz CT molecular complexity index is 1070. The molecule has 0 amide bonds. The number of pyridine rings is 1. The lowest BCUT2D eigenvalue weighted by molar-refractivity contribution is 0.0733. The number of carbonyl (C=O) groups is 1. The Kier molecular flexibility index (Phi) is 4.42. The minimum Gasteiger partial charge on any atom is -0.423 e. The van der Waals surface area contributed by atoms with Gasteiger partial charge in [-0.15, -0.1) is 0 Å². The molecule has 0 bridgehead atoms. The molecule has 0 unspecified atom stereocenters. The molecule has 4 aromatic rings. The van der Waals surface area contributed by atoms with Gasteiger partial charge in [0.1, 0.15) is 5.75 Å². The van der Waals surface area contributed by atoms with Crippen LogP contribution < -0.4 is 4.74 Å². The number of aromatic nitrogens is 2. The minimum atomic E-state index is -0.388. The third-order valence-corrected chi connectivity index (χ3v) is 4.43. The molecule has 4 nitrogen and oxygen atoms in total. The summed E-state index contributed by atoms with van der Waals surface area (Å²) in [6.45, 7) is 0.569. The van der Waals surface area contributed by atoms with Crippen LogP contribution in [0.2, 0.25) is 5.02 Å². The molecule has 0 spiro atoms. The van der Waals surface area contributed by atoms with Crippen LogP contribution in [0.1, 0.15) is 15.9 Å². The molecule has 2 heterocycles. The Balaban J connectivity index is 1.62. The molecule has 5 heteroatoms. The van der Waals surface area contributed by atoms with Gasteiger partial charge < -0.3 is 9.30 Å². The SMILES string of the molecule is O=C(Oc1ccc(Cl)cc1)c1ccccc1Cn1ccc2cnccc21. The summed E-state index contributed by atoms with van der Waals surface area (Å²) in [5.74, 6) is 0.0766. The van der Waals surface area contributed by atoms with Crippen LogP contribution in [0.25, 0.3) is 10.9 Å². The fraction of sp³-hybridized carbons (Fsp3) is 0.0476. The average molecular weight is 363 g/mol. The van der Waals surface area contributed by atoms with Crippen LogP contribution in [-0.2, 0) is 6.54 Å². The van der Waals surface area contributed by atoms with E-state index in [9.17, 15) is 4.79 Å². The third kappa shape index (κ3) is 3.32. The van der Waals surface area contributed by atoms with Crippen LogP contribution in [0.3, 0.4) is 0 Å². The van der Waals surface area contributed by atoms with E-state index in [0.717, 1.165) is 16.5 Å². The van der Waals surface area contributed by atoms with Gasteiger partial charge in [0, 0.05) is 35.5 Å². The van der Waals surface area contributed by atoms with E-state index in [1.807, 2.05) is 42.7 Å². The van der Waals surface area contributed by atoms with E-state index in [2.05, 4.69) is 9.55 Å². The van der Waals surface area contributed by atoms with Crippen LogP contribution in [0.4, 0.5) is 0 Å². The smallest absolute Gasteiger partial charge is 0.343 e. The Morgan fingerprint density at radius 1 is 1.04 bits per heavy atom. The van der Waals surface area contributed by atoms with Crippen molar-refractivity contribution < 1.29 is 9.53 Å². The lowest BCUT2D eigenvalue weighted by Crippen LogP contribution is -2.13. The van der Waals surface area contributed by atoms with Gasteiger partial charge in [0.15, 0.2) is 0 Å². The number of fused-ring (bicyclic) bond motifs is 1. The van der Waals surface area contributed by atoms with Gasteiger partial charge in [-0.05, 0) is 48.0 Å². The maximum atomic E-state index is 12.6. The highest BCUT2D eigenvalue weighted by molar-refractivity contribution is 6.30. The van der Waals surface area contributed by atoms with Gasteiger partial charge in [0.25, 0.3) is 0 Å². The molecule has 0 saturated carbocycles. The summed E-state index contributed by atoms with van der Waals surface area (Å²) in [5.41, 5.74) is 2.50. The van der Waals surface area contributed by atoms with E-state index in [1.165, 1.54) is 0 Å². The summed E-state index contributed by atoms with van der Waals surface area (Å²) < 4.78 is 7.57. The van der Waals surface area contributed by atoms with Crippen molar-refractivity contribution in [2.24, 2.45) is 0 Å². The standard InChI is InChI=1S/C21H15ClN2O2/c22-17-5-7-18(8-6-17)26-21(25)19-4-2-1-3-16(19)14-24-12-10-15-13-23-11-9-20(15)24/h1-13H,14H2. The Hall–Kier alpha value is -3.11. The number of nitrogens with zero attached hydrogens (tertiary/aromatic N) is 2. The van der Waals surface area contributed by atoms with Crippen LogP contribution >= 0.6 is 11.6 Å². The van der Waals surface area contributed by atoms with E-state index in [0.29, 0.717) is 22.9 Å². The van der Waals surface area contributed by atoms with Crippen molar-refractivity contribution in [2.75, 3.05) is 0 Å². The van der Waals surface area contributed by atoms with Gasteiger partial charge in [-0.3, -0.25) is 4.98 Å². The van der Waals surface area contributed by atoms with Crippen molar-refractivity contribution in [3.8, 4) is 5.75 Å². The number of rotatable bonds is 4. The first-order chi connectivity index (χ1) is 12.7. The molecular formula is C21H15ClN2O2. The average Bonchev–Trinajstić information content (AvgIpc) is 3.07. The molecule has 4 rings (SSSR count). The van der Waals surface area contributed by atoms with Gasteiger partial charge in [0.2, 0.25) is 0 Å². The molecule has 0 aliphatic rings. The molecular weight excluding hydrogens is 348 g/mol. The molecule has 128 valence electrons. The molecule has 0 aliphatic carbocycles. The quantitative estimate of drug-likeness (QED) is 0.381. The number of benzene rings is 2. The van der Waals surface area contributed by atoms with Crippen molar-refractivity contribution in [1.29, 1.82) is 0 Å². The second-order valence-corrected chi connectivity index (χ2v) is 6.32. The van der Waals surface area contributed by atoms with Crippen molar-refractivity contribution in [2.45, 2.75) is 6.54 Å². The van der Waals surface area contributed by atoms with E-state index in [-0.39, 0.29) is 5.97 Å². The molecule has 0 fully saturated rings. The van der Waals surface area contributed by atoms with E-state index >= 15 is 0 Å². The van der Waals surface area contributed by atoms with Crippen LogP contribution in [-0.4, -0.2) is 15.5 Å². The predicted molar refractivity (Wildman–Crippen MR) is 102 cm³/mol. The van der Waals surface area contributed by atoms with Crippen LogP contribution in [0, 0.1) is 0 Å². The molecule has 0 aliphatic heterocycles. The fourth-order valence-corrected chi connectivity index (χ4v) is 3.01. The number of hydrogen-bond donors (Lipinski definition) is 0. The highest BCUT2D eigenvalue weighted by Gasteiger charge is 2.14. The number of esters is 1. The predicted octanol–water partition coefficient (Wildman–Crippen LogP) is 4.96. The van der Waals surface area contributed by atoms with Gasteiger partial charge >= 0.3 is 5.97 Å². The zero-order valence-corrected chi connectivity index (χ0v) is 14.6.